The second-order valence-electron chi connectivity index (χ2n) is 5.37. The van der Waals surface area contributed by atoms with Crippen molar-refractivity contribution in [2.24, 2.45) is 10.8 Å². The van der Waals surface area contributed by atoms with Gasteiger partial charge in [0.15, 0.2) is 5.11 Å². The number of hydrogen-bond donors (Lipinski definition) is 2. The molecule has 25 heavy (non-hydrogen) atoms. The molecule has 2 heterocycles. The lowest BCUT2D eigenvalue weighted by molar-refractivity contribution is 0.0297. The van der Waals surface area contributed by atoms with Gasteiger partial charge in [0.05, 0.1) is 31.5 Å². The van der Waals surface area contributed by atoms with E-state index in [2.05, 4.69) is 37.8 Å². The third kappa shape index (κ3) is 4.78. The van der Waals surface area contributed by atoms with Crippen LogP contribution >= 0.6 is 12.2 Å². The molecule has 1 aliphatic rings. The topological polar surface area (TPSA) is 102 Å². The van der Waals surface area contributed by atoms with Gasteiger partial charge in [-0.15, -0.1) is 0 Å². The number of benzene rings is 1. The summed E-state index contributed by atoms with van der Waals surface area (Å²) in [5, 5.41) is 7.76. The van der Waals surface area contributed by atoms with Crippen LogP contribution in [0.3, 0.4) is 0 Å². The fourth-order valence-electron chi connectivity index (χ4n) is 2.34. The van der Waals surface area contributed by atoms with E-state index in [1.807, 2.05) is 0 Å². The predicted molar refractivity (Wildman–Crippen MR) is 93.3 cm³/mol. The average Bonchev–Trinajstić information content (AvgIpc) is 3.05. The van der Waals surface area contributed by atoms with Crippen molar-refractivity contribution >= 4 is 23.5 Å². The predicted octanol–water partition coefficient (Wildman–Crippen LogP) is 0.875. The number of halogens is 1. The van der Waals surface area contributed by atoms with Gasteiger partial charge >= 0.3 is 0 Å². The Balaban J connectivity index is 1.74. The molecule has 1 aromatic carbocycles. The quantitative estimate of drug-likeness (QED) is 0.458. The van der Waals surface area contributed by atoms with E-state index in [0.717, 1.165) is 13.1 Å². The second kappa shape index (κ2) is 8.10. The summed E-state index contributed by atoms with van der Waals surface area (Å²) in [6.07, 6.45) is 1.47. The smallest absolute Gasteiger partial charge is 0.241 e. The molecule has 2 aromatic rings. The van der Waals surface area contributed by atoms with Gasteiger partial charge in [-0.3, -0.25) is 10.3 Å². The zero-order valence-corrected chi connectivity index (χ0v) is 14.1. The molecule has 3 N–H and O–H groups in total. The minimum Gasteiger partial charge on any atom is -0.379 e. The van der Waals surface area contributed by atoms with Crippen LogP contribution in [0.5, 0.6) is 0 Å². The number of thiocarbonyl (C=S) groups is 1. The number of aromatic nitrogens is 2. The van der Waals surface area contributed by atoms with Crippen LogP contribution in [-0.4, -0.2) is 52.7 Å². The van der Waals surface area contributed by atoms with Crippen LogP contribution in [0, 0.1) is 5.82 Å². The minimum absolute atomic E-state index is 0.0458. The first kappa shape index (κ1) is 17.4. The molecule has 0 amide bonds. The van der Waals surface area contributed by atoms with E-state index >= 15 is 0 Å². The van der Waals surface area contributed by atoms with Gasteiger partial charge in [-0.25, -0.2) is 4.39 Å². The maximum atomic E-state index is 14.1. The fourth-order valence-corrected chi connectivity index (χ4v) is 2.40. The summed E-state index contributed by atoms with van der Waals surface area (Å²) in [5.74, 6) is 0.182. The molecule has 0 unspecified atom stereocenters. The Morgan fingerprint density at radius 3 is 3.00 bits per heavy atom. The standard InChI is InChI=1S/C15H17FN6O2S/c16-12-2-1-10(8-18-20-15(17)25)7-11(12)14-19-13(24-21-14)9-22-3-5-23-6-4-22/h1-2,7-8H,3-6,9H2,(H3,17,20,25). The Morgan fingerprint density at radius 1 is 1.44 bits per heavy atom. The van der Waals surface area contributed by atoms with Gasteiger partial charge in [-0.1, -0.05) is 11.2 Å². The van der Waals surface area contributed by atoms with Crippen molar-refractivity contribution in [3.8, 4) is 11.4 Å². The van der Waals surface area contributed by atoms with E-state index in [0.29, 0.717) is 31.2 Å². The molecule has 1 fully saturated rings. The lowest BCUT2D eigenvalue weighted by Gasteiger charge is -2.24. The van der Waals surface area contributed by atoms with Crippen molar-refractivity contribution in [1.29, 1.82) is 0 Å². The highest BCUT2D eigenvalue weighted by molar-refractivity contribution is 7.80. The number of nitrogens with one attached hydrogen (secondary N) is 1. The molecule has 10 heteroatoms. The van der Waals surface area contributed by atoms with Gasteiger partial charge in [-0.05, 0) is 29.9 Å². The molecule has 1 aromatic heterocycles. The lowest BCUT2D eigenvalue weighted by Crippen LogP contribution is -2.35. The van der Waals surface area contributed by atoms with Crippen LogP contribution in [0.4, 0.5) is 4.39 Å². The molecule has 3 rings (SSSR count). The van der Waals surface area contributed by atoms with E-state index in [-0.39, 0.29) is 16.5 Å². The lowest BCUT2D eigenvalue weighted by atomic mass is 10.1. The molecule has 0 radical (unpaired) electrons. The number of hydrazone groups is 1. The summed E-state index contributed by atoms with van der Waals surface area (Å²) in [6.45, 7) is 3.47. The van der Waals surface area contributed by atoms with E-state index in [1.54, 1.807) is 12.1 Å². The average molecular weight is 364 g/mol. The first-order valence-corrected chi connectivity index (χ1v) is 8.04. The molecule has 0 saturated carbocycles. The Labute approximate surface area is 148 Å². The number of nitrogens with zero attached hydrogens (tertiary/aromatic N) is 4. The SMILES string of the molecule is NC(=S)NN=Cc1ccc(F)c(-c2noc(CN3CCOCC3)n2)c1. The maximum absolute atomic E-state index is 14.1. The van der Waals surface area contributed by atoms with Gasteiger partial charge in [-0.2, -0.15) is 10.1 Å². The van der Waals surface area contributed by atoms with Crippen LogP contribution in [0.1, 0.15) is 11.5 Å². The molecule has 1 saturated heterocycles. The first-order chi connectivity index (χ1) is 12.1. The Bertz CT molecular complexity index is 775. The van der Waals surface area contributed by atoms with Crippen molar-refractivity contribution in [3.05, 3.63) is 35.5 Å². The minimum atomic E-state index is -0.446. The van der Waals surface area contributed by atoms with E-state index in [4.69, 9.17) is 15.0 Å². The summed E-state index contributed by atoms with van der Waals surface area (Å²) in [4.78, 5) is 6.42. The molecular weight excluding hydrogens is 347 g/mol. The molecule has 8 nitrogen and oxygen atoms in total. The summed E-state index contributed by atoms with van der Waals surface area (Å²) >= 11 is 4.65. The molecule has 0 spiro atoms. The summed E-state index contributed by atoms with van der Waals surface area (Å²) in [7, 11) is 0. The van der Waals surface area contributed by atoms with Gasteiger partial charge in [0.25, 0.3) is 0 Å². The van der Waals surface area contributed by atoms with Crippen LogP contribution in [0.25, 0.3) is 11.4 Å². The highest BCUT2D eigenvalue weighted by Gasteiger charge is 2.17. The second-order valence-corrected chi connectivity index (χ2v) is 5.81. The molecule has 0 bridgehead atoms. The number of hydrogen-bond acceptors (Lipinski definition) is 7. The molecular formula is C15H17FN6O2S. The van der Waals surface area contributed by atoms with Gasteiger partial charge in [0.1, 0.15) is 5.82 Å². The first-order valence-electron chi connectivity index (χ1n) is 7.63. The summed E-state index contributed by atoms with van der Waals surface area (Å²) < 4.78 is 24.7. The van der Waals surface area contributed by atoms with Crippen molar-refractivity contribution in [1.82, 2.24) is 20.5 Å². The monoisotopic (exact) mass is 364 g/mol. The van der Waals surface area contributed by atoms with E-state index in [1.165, 1.54) is 12.3 Å². The van der Waals surface area contributed by atoms with Crippen molar-refractivity contribution in [2.75, 3.05) is 26.3 Å². The third-order valence-corrected chi connectivity index (χ3v) is 3.64. The van der Waals surface area contributed by atoms with Gasteiger partial charge in [0.2, 0.25) is 11.7 Å². The van der Waals surface area contributed by atoms with E-state index < -0.39 is 5.82 Å². The number of ether oxygens (including phenoxy) is 1. The van der Waals surface area contributed by atoms with Crippen molar-refractivity contribution < 1.29 is 13.7 Å². The van der Waals surface area contributed by atoms with Gasteiger partial charge in [0, 0.05) is 13.1 Å². The summed E-state index contributed by atoms with van der Waals surface area (Å²) in [6, 6.07) is 4.46. The van der Waals surface area contributed by atoms with E-state index in [9.17, 15) is 4.39 Å². The van der Waals surface area contributed by atoms with Crippen molar-refractivity contribution in [3.63, 3.8) is 0 Å². The Kier molecular flexibility index (Phi) is 5.64. The highest BCUT2D eigenvalue weighted by atomic mass is 32.1. The van der Waals surface area contributed by atoms with Crippen LogP contribution in [0.15, 0.2) is 27.8 Å². The molecule has 0 aliphatic carbocycles. The zero-order valence-electron chi connectivity index (χ0n) is 13.3. The number of morpholine rings is 1. The fraction of sp³-hybridized carbons (Fsp3) is 0.333. The molecule has 1 aliphatic heterocycles. The third-order valence-electron chi connectivity index (χ3n) is 3.55. The number of nitrogens with two attached hydrogens (primary N) is 1. The molecule has 132 valence electrons. The van der Waals surface area contributed by atoms with Crippen LogP contribution < -0.4 is 11.2 Å². The van der Waals surface area contributed by atoms with Crippen molar-refractivity contribution in [2.45, 2.75) is 6.54 Å². The number of rotatable bonds is 5. The summed E-state index contributed by atoms with van der Waals surface area (Å²) in [5.41, 5.74) is 8.59. The highest BCUT2D eigenvalue weighted by Crippen LogP contribution is 2.21. The Morgan fingerprint density at radius 2 is 2.24 bits per heavy atom. The Hall–Kier alpha value is -2.43. The zero-order chi connectivity index (χ0) is 17.6. The van der Waals surface area contributed by atoms with Gasteiger partial charge < -0.3 is 15.0 Å². The van der Waals surface area contributed by atoms with Crippen LogP contribution in [-0.2, 0) is 11.3 Å². The molecule has 0 atom stereocenters. The largest absolute Gasteiger partial charge is 0.379 e. The normalized spacial score (nSPS) is 15.6. The maximum Gasteiger partial charge on any atom is 0.241 e. The van der Waals surface area contributed by atoms with Crippen LogP contribution in [0.2, 0.25) is 0 Å².